The van der Waals surface area contributed by atoms with E-state index in [9.17, 15) is 4.79 Å². The Balaban J connectivity index is 1.24. The number of anilines is 3. The molecule has 0 saturated carbocycles. The van der Waals surface area contributed by atoms with E-state index in [-0.39, 0.29) is 11.6 Å². The number of amides is 1. The lowest BCUT2D eigenvalue weighted by Gasteiger charge is -2.31. The number of carbonyl (C=O) groups is 1. The van der Waals surface area contributed by atoms with Gasteiger partial charge in [-0.15, -0.1) is 11.3 Å². The molecular formula is C24H32N8O2S. The van der Waals surface area contributed by atoms with E-state index in [1.165, 1.54) is 10.9 Å². The summed E-state index contributed by atoms with van der Waals surface area (Å²) in [4.78, 5) is 29.6. The Morgan fingerprint density at radius 3 is 2.83 bits per heavy atom. The van der Waals surface area contributed by atoms with Gasteiger partial charge in [0.25, 0.3) is 5.91 Å². The van der Waals surface area contributed by atoms with Gasteiger partial charge in [0.1, 0.15) is 10.7 Å². The summed E-state index contributed by atoms with van der Waals surface area (Å²) in [5, 5.41) is 7.02. The van der Waals surface area contributed by atoms with Crippen LogP contribution in [0.25, 0.3) is 10.7 Å². The van der Waals surface area contributed by atoms with Crippen LogP contribution in [0, 0.1) is 5.92 Å². The Labute approximate surface area is 209 Å². The Hall–Kier alpha value is -3.28. The van der Waals surface area contributed by atoms with Crippen molar-refractivity contribution in [3.8, 4) is 10.7 Å². The minimum atomic E-state index is -0.249. The minimum Gasteiger partial charge on any atom is -0.397 e. The minimum absolute atomic E-state index is 0.249. The molecule has 1 aliphatic rings. The molecule has 0 unspecified atom stereocenters. The molecule has 0 atom stereocenters. The van der Waals surface area contributed by atoms with Crippen molar-refractivity contribution in [1.29, 1.82) is 0 Å². The number of nitrogen functional groups attached to an aromatic ring is 2. The van der Waals surface area contributed by atoms with Gasteiger partial charge in [0.05, 0.1) is 23.7 Å². The second kappa shape index (κ2) is 11.9. The quantitative estimate of drug-likeness (QED) is 0.311. The molecule has 0 aliphatic carbocycles. The number of rotatable bonds is 10. The summed E-state index contributed by atoms with van der Waals surface area (Å²) in [5.41, 5.74) is 13.8. The Bertz CT molecular complexity index is 1120. The standard InChI is InChI=1S/C24H32N8O2S/c1-34-11-8-28-22-21(26)18(25)12-20(31-22)23(33)29-13-16-5-9-32(10-6-16)15-17-14-30-24(35-17)19-4-2-3-7-27-19/h2-4,7,12,14,16H,5-6,8-11,13,15,26H2,1H3,(H,29,33)(H3,25,28,31). The highest BCUT2D eigenvalue weighted by molar-refractivity contribution is 7.14. The first-order valence-electron chi connectivity index (χ1n) is 11.7. The zero-order valence-electron chi connectivity index (χ0n) is 19.9. The van der Waals surface area contributed by atoms with Gasteiger partial charge in [0, 0.05) is 44.0 Å². The van der Waals surface area contributed by atoms with Crippen molar-refractivity contribution in [2.75, 3.05) is 56.7 Å². The number of nitrogens with one attached hydrogen (secondary N) is 2. The molecule has 1 amide bonds. The number of pyridine rings is 2. The zero-order valence-corrected chi connectivity index (χ0v) is 20.7. The molecule has 11 heteroatoms. The van der Waals surface area contributed by atoms with Gasteiger partial charge in [-0.3, -0.25) is 14.7 Å². The highest BCUT2D eigenvalue weighted by atomic mass is 32.1. The smallest absolute Gasteiger partial charge is 0.270 e. The van der Waals surface area contributed by atoms with Crippen molar-refractivity contribution in [3.05, 3.63) is 47.2 Å². The largest absolute Gasteiger partial charge is 0.397 e. The molecule has 1 saturated heterocycles. The van der Waals surface area contributed by atoms with Crippen molar-refractivity contribution < 1.29 is 9.53 Å². The number of ether oxygens (including phenoxy) is 1. The number of hydrogen-bond acceptors (Lipinski definition) is 10. The Morgan fingerprint density at radius 1 is 1.26 bits per heavy atom. The number of hydrogen-bond donors (Lipinski definition) is 4. The third-order valence-electron chi connectivity index (χ3n) is 6.00. The SMILES string of the molecule is COCCNc1nc(C(=O)NCC2CCN(Cc3cnc(-c4ccccn4)s3)CC2)cc(N)c1N. The molecule has 4 rings (SSSR count). The third kappa shape index (κ3) is 6.65. The van der Waals surface area contributed by atoms with Crippen molar-refractivity contribution in [2.24, 2.45) is 5.92 Å². The van der Waals surface area contributed by atoms with Crippen molar-refractivity contribution in [1.82, 2.24) is 25.2 Å². The summed E-state index contributed by atoms with van der Waals surface area (Å²) in [6.45, 7) is 4.47. The third-order valence-corrected chi connectivity index (χ3v) is 7.00. The van der Waals surface area contributed by atoms with Crippen LogP contribution < -0.4 is 22.1 Å². The Kier molecular flexibility index (Phi) is 8.45. The first kappa shape index (κ1) is 24.8. The van der Waals surface area contributed by atoms with Crippen molar-refractivity contribution >= 4 is 34.4 Å². The summed E-state index contributed by atoms with van der Waals surface area (Å²) < 4.78 is 5.03. The van der Waals surface area contributed by atoms with Crippen LogP contribution in [0.3, 0.4) is 0 Å². The number of likely N-dealkylation sites (tertiary alicyclic amines) is 1. The number of aromatic nitrogens is 3. The fourth-order valence-electron chi connectivity index (χ4n) is 3.98. The molecule has 186 valence electrons. The molecular weight excluding hydrogens is 464 g/mol. The number of methoxy groups -OCH3 is 1. The summed E-state index contributed by atoms with van der Waals surface area (Å²) in [6, 6.07) is 7.38. The average molecular weight is 497 g/mol. The van der Waals surface area contributed by atoms with Gasteiger partial charge in [0.15, 0.2) is 5.82 Å². The molecule has 3 aromatic rings. The first-order valence-corrected chi connectivity index (χ1v) is 12.5. The van der Waals surface area contributed by atoms with E-state index in [0.29, 0.717) is 42.8 Å². The van der Waals surface area contributed by atoms with Gasteiger partial charge in [-0.25, -0.2) is 9.97 Å². The molecule has 4 heterocycles. The van der Waals surface area contributed by atoms with E-state index >= 15 is 0 Å². The maximum absolute atomic E-state index is 12.7. The van der Waals surface area contributed by atoms with E-state index in [0.717, 1.165) is 43.2 Å². The summed E-state index contributed by atoms with van der Waals surface area (Å²) in [6.07, 6.45) is 5.78. The number of thiazole rings is 1. The summed E-state index contributed by atoms with van der Waals surface area (Å²) in [5.74, 6) is 0.571. The van der Waals surface area contributed by atoms with Gasteiger partial charge in [-0.1, -0.05) is 6.07 Å². The van der Waals surface area contributed by atoms with Crippen LogP contribution in [0.15, 0.2) is 36.7 Å². The summed E-state index contributed by atoms with van der Waals surface area (Å²) in [7, 11) is 1.61. The van der Waals surface area contributed by atoms with Gasteiger partial charge in [0.2, 0.25) is 0 Å². The molecule has 1 aliphatic heterocycles. The van der Waals surface area contributed by atoms with Gasteiger partial charge in [-0.05, 0) is 50.0 Å². The van der Waals surface area contributed by atoms with E-state index in [1.807, 2.05) is 24.4 Å². The van der Waals surface area contributed by atoms with Crippen LogP contribution >= 0.6 is 11.3 Å². The molecule has 6 N–H and O–H groups in total. The number of nitrogens with two attached hydrogens (primary N) is 2. The van der Waals surface area contributed by atoms with Gasteiger partial charge >= 0.3 is 0 Å². The highest BCUT2D eigenvalue weighted by Crippen LogP contribution is 2.26. The zero-order chi connectivity index (χ0) is 24.6. The molecule has 0 bridgehead atoms. The van der Waals surface area contributed by atoms with E-state index < -0.39 is 0 Å². The topological polar surface area (TPSA) is 144 Å². The van der Waals surface area contributed by atoms with E-state index in [4.69, 9.17) is 16.2 Å². The van der Waals surface area contributed by atoms with Crippen molar-refractivity contribution in [2.45, 2.75) is 19.4 Å². The molecule has 0 aromatic carbocycles. The predicted octanol–water partition coefficient (Wildman–Crippen LogP) is 2.46. The number of piperidine rings is 1. The fraction of sp³-hybridized carbons (Fsp3) is 0.417. The van der Waals surface area contributed by atoms with Crippen LogP contribution in [0.4, 0.5) is 17.2 Å². The molecule has 0 radical (unpaired) electrons. The van der Waals surface area contributed by atoms with E-state index in [1.54, 1.807) is 24.6 Å². The fourth-order valence-corrected chi connectivity index (χ4v) is 4.91. The van der Waals surface area contributed by atoms with Crippen LogP contribution in [0.1, 0.15) is 28.2 Å². The lowest BCUT2D eigenvalue weighted by atomic mass is 9.96. The lowest BCUT2D eigenvalue weighted by molar-refractivity contribution is 0.0930. The summed E-state index contributed by atoms with van der Waals surface area (Å²) >= 11 is 1.69. The van der Waals surface area contributed by atoms with Crippen LogP contribution in [-0.2, 0) is 11.3 Å². The highest BCUT2D eigenvalue weighted by Gasteiger charge is 2.21. The first-order chi connectivity index (χ1) is 17.0. The average Bonchev–Trinajstić information content (AvgIpc) is 3.35. The number of carbonyl (C=O) groups excluding carboxylic acids is 1. The molecule has 0 spiro atoms. The molecule has 10 nitrogen and oxygen atoms in total. The number of nitrogens with zero attached hydrogens (tertiary/aromatic N) is 4. The normalized spacial score (nSPS) is 14.7. The second-order valence-electron chi connectivity index (χ2n) is 8.55. The van der Waals surface area contributed by atoms with Crippen LogP contribution in [-0.4, -0.2) is 65.7 Å². The maximum atomic E-state index is 12.7. The second-order valence-corrected chi connectivity index (χ2v) is 9.67. The lowest BCUT2D eigenvalue weighted by Crippen LogP contribution is -2.38. The predicted molar refractivity (Wildman–Crippen MR) is 139 cm³/mol. The van der Waals surface area contributed by atoms with Crippen molar-refractivity contribution in [3.63, 3.8) is 0 Å². The Morgan fingerprint density at radius 2 is 2.09 bits per heavy atom. The van der Waals surface area contributed by atoms with Gasteiger partial charge < -0.3 is 26.8 Å². The monoisotopic (exact) mass is 496 g/mol. The van der Waals surface area contributed by atoms with E-state index in [2.05, 4.69) is 30.5 Å². The molecule has 3 aromatic heterocycles. The van der Waals surface area contributed by atoms with Gasteiger partial charge in [-0.2, -0.15) is 0 Å². The molecule has 35 heavy (non-hydrogen) atoms. The van der Waals surface area contributed by atoms with Crippen LogP contribution in [0.5, 0.6) is 0 Å². The maximum Gasteiger partial charge on any atom is 0.270 e. The van der Waals surface area contributed by atoms with Crippen LogP contribution in [0.2, 0.25) is 0 Å². The molecule has 1 fully saturated rings.